The van der Waals surface area contributed by atoms with Crippen molar-refractivity contribution in [3.05, 3.63) is 0 Å². The van der Waals surface area contributed by atoms with Gasteiger partial charge in [-0.3, -0.25) is 0 Å². The molecule has 0 bridgehead atoms. The second kappa shape index (κ2) is 2.54. The molecule has 0 amide bonds. The van der Waals surface area contributed by atoms with E-state index in [-0.39, 0.29) is 0 Å². The Morgan fingerprint density at radius 2 is 2.10 bits per heavy atom. The quantitative estimate of drug-likeness (QED) is 0.639. The van der Waals surface area contributed by atoms with Crippen LogP contribution in [0.2, 0.25) is 0 Å². The minimum absolute atomic E-state index is 0.546. The maximum Gasteiger partial charge on any atom is -0.00459 e. The van der Waals surface area contributed by atoms with Crippen molar-refractivity contribution in [1.82, 2.24) is 0 Å². The first-order valence-electron chi connectivity index (χ1n) is 4.32. The first-order valence-corrected chi connectivity index (χ1v) is 4.32. The third kappa shape index (κ3) is 1.34. The Morgan fingerprint density at radius 1 is 1.50 bits per heavy atom. The molecule has 0 spiro atoms. The zero-order valence-corrected chi connectivity index (χ0v) is 7.35. The largest absolute Gasteiger partial charge is 0.330 e. The molecule has 2 N–H and O–H groups in total. The van der Waals surface area contributed by atoms with E-state index in [2.05, 4.69) is 20.8 Å². The van der Waals surface area contributed by atoms with Gasteiger partial charge in [-0.25, -0.2) is 0 Å². The molecule has 1 fully saturated rings. The van der Waals surface area contributed by atoms with Crippen molar-refractivity contribution in [2.75, 3.05) is 6.54 Å². The highest BCUT2D eigenvalue weighted by Crippen LogP contribution is 2.51. The van der Waals surface area contributed by atoms with Crippen LogP contribution in [0.4, 0.5) is 0 Å². The summed E-state index contributed by atoms with van der Waals surface area (Å²) in [5, 5.41) is 0. The molecule has 0 aromatic rings. The average Bonchev–Trinajstić information content (AvgIpc) is 2.66. The van der Waals surface area contributed by atoms with Crippen molar-refractivity contribution >= 4 is 0 Å². The van der Waals surface area contributed by atoms with E-state index in [1.165, 1.54) is 12.8 Å². The van der Waals surface area contributed by atoms with Gasteiger partial charge in [0.2, 0.25) is 0 Å². The molecule has 2 atom stereocenters. The summed E-state index contributed by atoms with van der Waals surface area (Å²) in [4.78, 5) is 0. The fraction of sp³-hybridized carbons (Fsp3) is 1.00. The average molecular weight is 141 g/mol. The van der Waals surface area contributed by atoms with E-state index in [0.29, 0.717) is 5.41 Å². The Hall–Kier alpha value is -0.0400. The van der Waals surface area contributed by atoms with Crippen LogP contribution < -0.4 is 5.73 Å². The van der Waals surface area contributed by atoms with Crippen LogP contribution in [0.15, 0.2) is 0 Å². The molecule has 0 aromatic carbocycles. The fourth-order valence-corrected chi connectivity index (χ4v) is 1.73. The zero-order valence-electron chi connectivity index (χ0n) is 7.35. The van der Waals surface area contributed by atoms with Crippen LogP contribution >= 0.6 is 0 Å². The number of hydrogen-bond acceptors (Lipinski definition) is 1. The molecule has 0 unspecified atom stereocenters. The smallest absolute Gasteiger partial charge is 0.00459 e. The Bertz CT molecular complexity index is 118. The van der Waals surface area contributed by atoms with Crippen molar-refractivity contribution < 1.29 is 0 Å². The number of hydrogen-bond donors (Lipinski definition) is 1. The maximum absolute atomic E-state index is 5.58. The van der Waals surface area contributed by atoms with Gasteiger partial charge in [0.1, 0.15) is 0 Å². The third-order valence-corrected chi connectivity index (χ3v) is 3.14. The lowest BCUT2D eigenvalue weighted by atomic mass is 9.83. The minimum atomic E-state index is 0.546. The van der Waals surface area contributed by atoms with Crippen molar-refractivity contribution in [2.24, 2.45) is 23.0 Å². The Morgan fingerprint density at radius 3 is 2.40 bits per heavy atom. The summed E-state index contributed by atoms with van der Waals surface area (Å²) in [6, 6.07) is 0. The van der Waals surface area contributed by atoms with Crippen molar-refractivity contribution in [3.63, 3.8) is 0 Å². The van der Waals surface area contributed by atoms with Gasteiger partial charge in [-0.1, -0.05) is 27.2 Å². The molecule has 1 nitrogen and oxygen atoms in total. The molecule has 60 valence electrons. The van der Waals surface area contributed by atoms with Crippen molar-refractivity contribution in [3.8, 4) is 0 Å². The van der Waals surface area contributed by atoms with Crippen molar-refractivity contribution in [1.29, 1.82) is 0 Å². The molecule has 0 radical (unpaired) electrons. The lowest BCUT2D eigenvalue weighted by Gasteiger charge is -2.22. The SMILES string of the molecule is CCC(C)(C)[C@@H]1C[C@H]1CN. The second-order valence-corrected chi connectivity index (χ2v) is 4.18. The first-order chi connectivity index (χ1) is 4.61. The summed E-state index contributed by atoms with van der Waals surface area (Å²) < 4.78 is 0. The third-order valence-electron chi connectivity index (χ3n) is 3.14. The van der Waals surface area contributed by atoms with Gasteiger partial charge in [0.15, 0.2) is 0 Å². The summed E-state index contributed by atoms with van der Waals surface area (Å²) >= 11 is 0. The molecular formula is C9H19N. The standard InChI is InChI=1S/C9H19N/c1-4-9(2,3)8-5-7(8)6-10/h7-8H,4-6,10H2,1-3H3/t7-,8+/m0/s1. The van der Waals surface area contributed by atoms with Crippen molar-refractivity contribution in [2.45, 2.75) is 33.6 Å². The highest BCUT2D eigenvalue weighted by Gasteiger charge is 2.45. The fourth-order valence-electron chi connectivity index (χ4n) is 1.73. The Balaban J connectivity index is 2.37. The molecule has 1 aliphatic rings. The van der Waals surface area contributed by atoms with E-state index < -0.39 is 0 Å². The van der Waals surface area contributed by atoms with Crippen LogP contribution in [-0.4, -0.2) is 6.54 Å². The van der Waals surface area contributed by atoms with Crippen LogP contribution in [0.3, 0.4) is 0 Å². The first kappa shape index (κ1) is 8.06. The Kier molecular flexibility index (Phi) is 2.04. The van der Waals surface area contributed by atoms with Crippen LogP contribution in [0.1, 0.15) is 33.6 Å². The molecule has 1 saturated carbocycles. The predicted molar refractivity (Wildman–Crippen MR) is 44.7 cm³/mol. The van der Waals surface area contributed by atoms with Gasteiger partial charge in [0, 0.05) is 0 Å². The van der Waals surface area contributed by atoms with Gasteiger partial charge in [0.25, 0.3) is 0 Å². The van der Waals surface area contributed by atoms with Gasteiger partial charge in [-0.15, -0.1) is 0 Å². The van der Waals surface area contributed by atoms with Crippen LogP contribution in [0.5, 0.6) is 0 Å². The van der Waals surface area contributed by atoms with Crippen LogP contribution in [0.25, 0.3) is 0 Å². The summed E-state index contributed by atoms with van der Waals surface area (Å²) in [7, 11) is 0. The summed E-state index contributed by atoms with van der Waals surface area (Å²) in [5.74, 6) is 1.76. The van der Waals surface area contributed by atoms with E-state index in [0.717, 1.165) is 18.4 Å². The Labute approximate surface area is 64.0 Å². The van der Waals surface area contributed by atoms with Gasteiger partial charge in [0.05, 0.1) is 0 Å². The van der Waals surface area contributed by atoms with E-state index in [1.807, 2.05) is 0 Å². The van der Waals surface area contributed by atoms with Gasteiger partial charge in [-0.05, 0) is 30.2 Å². The second-order valence-electron chi connectivity index (χ2n) is 4.18. The predicted octanol–water partition coefficient (Wildman–Crippen LogP) is 2.02. The summed E-state index contributed by atoms with van der Waals surface area (Å²) in [5.41, 5.74) is 6.12. The monoisotopic (exact) mass is 141 g/mol. The molecule has 0 heterocycles. The summed E-state index contributed by atoms with van der Waals surface area (Å²) in [6.45, 7) is 7.88. The van der Waals surface area contributed by atoms with Gasteiger partial charge in [-0.2, -0.15) is 0 Å². The lowest BCUT2D eigenvalue weighted by Crippen LogP contribution is -2.16. The molecule has 0 saturated heterocycles. The van der Waals surface area contributed by atoms with Gasteiger partial charge < -0.3 is 5.73 Å². The highest BCUT2D eigenvalue weighted by atomic mass is 14.6. The minimum Gasteiger partial charge on any atom is -0.330 e. The van der Waals surface area contributed by atoms with Gasteiger partial charge >= 0.3 is 0 Å². The molecular weight excluding hydrogens is 122 g/mol. The molecule has 1 heteroatoms. The molecule has 0 aliphatic heterocycles. The van der Waals surface area contributed by atoms with Crippen LogP contribution in [0, 0.1) is 17.3 Å². The molecule has 0 aromatic heterocycles. The molecule has 1 aliphatic carbocycles. The van der Waals surface area contributed by atoms with E-state index in [4.69, 9.17) is 5.73 Å². The lowest BCUT2D eigenvalue weighted by molar-refractivity contribution is 0.281. The maximum atomic E-state index is 5.58. The molecule has 10 heavy (non-hydrogen) atoms. The highest BCUT2D eigenvalue weighted by molar-refractivity contribution is 4.95. The molecule has 1 rings (SSSR count). The van der Waals surface area contributed by atoms with Crippen LogP contribution in [-0.2, 0) is 0 Å². The zero-order chi connectivity index (χ0) is 7.78. The van der Waals surface area contributed by atoms with E-state index in [9.17, 15) is 0 Å². The topological polar surface area (TPSA) is 26.0 Å². The summed E-state index contributed by atoms with van der Waals surface area (Å²) in [6.07, 6.45) is 2.66. The van der Waals surface area contributed by atoms with E-state index >= 15 is 0 Å². The normalized spacial score (nSPS) is 32.4. The number of rotatable bonds is 3. The van der Waals surface area contributed by atoms with E-state index in [1.54, 1.807) is 0 Å². The number of nitrogens with two attached hydrogens (primary N) is 1.